The second-order valence-electron chi connectivity index (χ2n) is 11.3. The molecule has 41 heavy (non-hydrogen) atoms. The molecule has 220 valence electrons. The van der Waals surface area contributed by atoms with E-state index in [9.17, 15) is 23.1 Å². The maximum atomic E-state index is 13.9. The summed E-state index contributed by atoms with van der Waals surface area (Å²) < 4.78 is 42.0. The van der Waals surface area contributed by atoms with E-state index in [2.05, 4.69) is 10.4 Å². The van der Waals surface area contributed by atoms with Crippen LogP contribution in [0.25, 0.3) is 5.69 Å². The molecule has 4 rings (SSSR count). The van der Waals surface area contributed by atoms with Gasteiger partial charge in [-0.1, -0.05) is 32.9 Å². The Morgan fingerprint density at radius 1 is 1.07 bits per heavy atom. The van der Waals surface area contributed by atoms with Crippen LogP contribution in [-0.4, -0.2) is 65.8 Å². The van der Waals surface area contributed by atoms with Crippen LogP contribution >= 0.6 is 0 Å². The molecule has 0 unspecified atom stereocenters. The zero-order valence-corrected chi connectivity index (χ0v) is 25.0. The van der Waals surface area contributed by atoms with Crippen LogP contribution in [0.4, 0.5) is 5.69 Å². The Labute approximate surface area is 240 Å². The molecule has 0 atom stereocenters. The maximum Gasteiger partial charge on any atom is 0.356 e. The van der Waals surface area contributed by atoms with Crippen molar-refractivity contribution in [2.75, 3.05) is 31.6 Å². The lowest BCUT2D eigenvalue weighted by Gasteiger charge is -2.27. The van der Waals surface area contributed by atoms with Gasteiger partial charge in [0.1, 0.15) is 10.6 Å². The second kappa shape index (κ2) is 11.6. The van der Waals surface area contributed by atoms with Gasteiger partial charge in [0, 0.05) is 30.8 Å². The first-order valence-corrected chi connectivity index (χ1v) is 14.7. The predicted octanol–water partition coefficient (Wildman–Crippen LogP) is 4.68. The van der Waals surface area contributed by atoms with Crippen LogP contribution in [-0.2, 0) is 19.6 Å². The fourth-order valence-corrected chi connectivity index (χ4v) is 6.07. The minimum Gasteiger partial charge on any atom is -0.476 e. The lowest BCUT2D eigenvalue weighted by Crippen LogP contribution is -2.40. The van der Waals surface area contributed by atoms with E-state index in [1.165, 1.54) is 21.1 Å². The van der Waals surface area contributed by atoms with Crippen LogP contribution in [0.15, 0.2) is 41.3 Å². The Morgan fingerprint density at radius 3 is 2.39 bits per heavy atom. The van der Waals surface area contributed by atoms with Gasteiger partial charge in [-0.2, -0.15) is 14.1 Å². The van der Waals surface area contributed by atoms with Crippen molar-refractivity contribution in [3.63, 3.8) is 0 Å². The Kier molecular flexibility index (Phi) is 8.57. The van der Waals surface area contributed by atoms with Gasteiger partial charge in [0.25, 0.3) is 0 Å². The number of carboxylic acid groups (broad SMARTS) is 1. The molecule has 1 amide bonds. The zero-order valence-electron chi connectivity index (χ0n) is 24.1. The quantitative estimate of drug-likeness (QED) is 0.389. The molecule has 0 saturated carbocycles. The molecule has 1 aliphatic rings. The Hall–Kier alpha value is -3.74. The number of aromatic carboxylic acids is 1. The predicted molar refractivity (Wildman–Crippen MR) is 154 cm³/mol. The second-order valence-corrected chi connectivity index (χ2v) is 13.2. The molecule has 2 aromatic carbocycles. The smallest absolute Gasteiger partial charge is 0.356 e. The fourth-order valence-electron chi connectivity index (χ4n) is 4.52. The largest absolute Gasteiger partial charge is 0.476 e. The number of benzene rings is 2. The van der Waals surface area contributed by atoms with Gasteiger partial charge in [-0.15, -0.1) is 0 Å². The third-order valence-electron chi connectivity index (χ3n) is 6.79. The number of hydrogen-bond acceptors (Lipinski definition) is 7. The number of ether oxygens (including phenoxy) is 2. The molecule has 11 nitrogen and oxygen atoms in total. The highest BCUT2D eigenvalue weighted by Crippen LogP contribution is 2.37. The topological polar surface area (TPSA) is 140 Å². The number of aromatic nitrogens is 2. The molecule has 0 aliphatic carbocycles. The summed E-state index contributed by atoms with van der Waals surface area (Å²) in [6.45, 7) is 12.0. The molecular formula is C29H36N4O7S. The van der Waals surface area contributed by atoms with Crippen LogP contribution in [0.2, 0.25) is 0 Å². The average Bonchev–Trinajstić information content (AvgIpc) is 3.21. The van der Waals surface area contributed by atoms with Crippen LogP contribution in [0.3, 0.4) is 0 Å². The minimum absolute atomic E-state index is 0.0307. The van der Waals surface area contributed by atoms with Crippen LogP contribution in [0.5, 0.6) is 11.6 Å². The molecule has 2 heterocycles. The minimum atomic E-state index is -4.09. The highest BCUT2D eigenvalue weighted by Gasteiger charge is 2.32. The molecular weight excluding hydrogens is 548 g/mol. The number of aryl methyl sites for hydroxylation is 1. The molecule has 2 N–H and O–H groups in total. The van der Waals surface area contributed by atoms with Crippen molar-refractivity contribution in [3.8, 4) is 17.3 Å². The van der Waals surface area contributed by atoms with Gasteiger partial charge in [-0.25, -0.2) is 13.2 Å². The first-order chi connectivity index (χ1) is 19.2. The van der Waals surface area contributed by atoms with Crippen molar-refractivity contribution >= 4 is 27.6 Å². The molecule has 1 fully saturated rings. The number of hydrogen-bond donors (Lipinski definition) is 2. The Balaban J connectivity index is 1.85. The summed E-state index contributed by atoms with van der Waals surface area (Å²) in [6, 6.07) is 9.91. The normalized spacial score (nSPS) is 14.6. The van der Waals surface area contributed by atoms with E-state index < -0.39 is 16.0 Å². The monoisotopic (exact) mass is 584 g/mol. The number of morpholine rings is 1. The number of anilines is 1. The number of sulfonamides is 1. The summed E-state index contributed by atoms with van der Waals surface area (Å²) in [5.41, 5.74) is 2.46. The number of rotatable bonds is 8. The Bertz CT molecular complexity index is 1580. The number of nitrogens with zero attached hydrogens (tertiary/aromatic N) is 3. The van der Waals surface area contributed by atoms with Crippen molar-refractivity contribution in [2.24, 2.45) is 5.41 Å². The van der Waals surface area contributed by atoms with Gasteiger partial charge in [-0.3, -0.25) is 4.79 Å². The molecule has 0 radical (unpaired) electrons. The average molecular weight is 585 g/mol. The number of nitrogens with one attached hydrogen (secondary N) is 1. The van der Waals surface area contributed by atoms with Crippen molar-refractivity contribution in [1.29, 1.82) is 0 Å². The lowest BCUT2D eigenvalue weighted by molar-refractivity contribution is -0.117. The Morgan fingerprint density at radius 2 is 1.76 bits per heavy atom. The molecule has 0 bridgehead atoms. The summed E-state index contributed by atoms with van der Waals surface area (Å²) in [5, 5.41) is 16.9. The van der Waals surface area contributed by atoms with E-state index in [4.69, 9.17) is 9.47 Å². The van der Waals surface area contributed by atoms with Crippen molar-refractivity contribution < 1.29 is 32.6 Å². The fraction of sp³-hybridized carbons (Fsp3) is 0.414. The van der Waals surface area contributed by atoms with Crippen LogP contribution in [0.1, 0.15) is 54.4 Å². The highest BCUT2D eigenvalue weighted by molar-refractivity contribution is 7.89. The van der Waals surface area contributed by atoms with Gasteiger partial charge in [-0.05, 0) is 61.6 Å². The highest BCUT2D eigenvalue weighted by atomic mass is 32.2. The summed E-state index contributed by atoms with van der Waals surface area (Å²) in [7, 11) is -4.09. The van der Waals surface area contributed by atoms with Gasteiger partial charge in [0.15, 0.2) is 5.69 Å². The van der Waals surface area contributed by atoms with E-state index in [-0.39, 0.29) is 71.8 Å². The van der Waals surface area contributed by atoms with Crippen molar-refractivity contribution in [1.82, 2.24) is 14.1 Å². The van der Waals surface area contributed by atoms with Gasteiger partial charge >= 0.3 is 5.97 Å². The van der Waals surface area contributed by atoms with Crippen LogP contribution < -0.4 is 10.1 Å². The van der Waals surface area contributed by atoms with Crippen molar-refractivity contribution in [3.05, 3.63) is 58.8 Å². The third kappa shape index (κ3) is 6.61. The summed E-state index contributed by atoms with van der Waals surface area (Å²) in [6.07, 6.45) is 0.239. The number of carbonyl (C=O) groups is 2. The lowest BCUT2D eigenvalue weighted by atomic mass is 9.92. The number of carbonyl (C=O) groups excluding carboxylic acids is 1. The number of amides is 1. The van der Waals surface area contributed by atoms with E-state index >= 15 is 0 Å². The molecule has 12 heteroatoms. The summed E-state index contributed by atoms with van der Waals surface area (Å²) >= 11 is 0. The summed E-state index contributed by atoms with van der Waals surface area (Å²) in [5.74, 6) is -1.46. The number of carboxylic acids is 1. The summed E-state index contributed by atoms with van der Waals surface area (Å²) in [4.78, 5) is 24.5. The van der Waals surface area contributed by atoms with E-state index in [0.29, 0.717) is 11.4 Å². The van der Waals surface area contributed by atoms with Gasteiger partial charge in [0.05, 0.1) is 18.9 Å². The SMILES string of the molecule is Cc1cccc(-n2nc(C(=O)O)c(C)c2Oc2ccc(NC(=O)CC(C)(C)C)cc2S(=O)(=O)N2CCOCC2)c1C. The van der Waals surface area contributed by atoms with E-state index in [1.54, 1.807) is 19.1 Å². The van der Waals surface area contributed by atoms with Gasteiger partial charge in [0.2, 0.25) is 21.8 Å². The van der Waals surface area contributed by atoms with Crippen molar-refractivity contribution in [2.45, 2.75) is 52.9 Å². The van der Waals surface area contributed by atoms with Crippen LogP contribution in [0, 0.1) is 26.2 Å². The molecule has 1 aromatic heterocycles. The molecule has 0 spiro atoms. The zero-order chi connectivity index (χ0) is 30.1. The molecule has 1 aliphatic heterocycles. The van der Waals surface area contributed by atoms with E-state index in [1.807, 2.05) is 46.8 Å². The van der Waals surface area contributed by atoms with E-state index in [0.717, 1.165) is 11.1 Å². The maximum absolute atomic E-state index is 13.9. The first kappa shape index (κ1) is 30.2. The first-order valence-electron chi connectivity index (χ1n) is 13.3. The standard InChI is InChI=1S/C29H36N4O7S/c1-18-8-7-9-22(19(18)2)33-27(20(3)26(31-33)28(35)36)40-23-11-10-21(30-25(34)17-29(4,5)6)16-24(23)41(37,38)32-12-14-39-15-13-32/h7-11,16H,12-15,17H2,1-6H3,(H,30,34)(H,35,36). The molecule has 3 aromatic rings. The molecule has 1 saturated heterocycles. The van der Waals surface area contributed by atoms with Gasteiger partial charge < -0.3 is 19.9 Å². The third-order valence-corrected chi connectivity index (χ3v) is 8.71.